The minimum Gasteiger partial charge on any atom is -0.488 e. The molecule has 0 N–H and O–H groups in total. The summed E-state index contributed by atoms with van der Waals surface area (Å²) in [4.78, 5) is 11.3. The van der Waals surface area contributed by atoms with Gasteiger partial charge in [0.05, 0.1) is 11.1 Å². The number of rotatable bonds is 6. The fourth-order valence-corrected chi connectivity index (χ4v) is 2.84. The highest BCUT2D eigenvalue weighted by molar-refractivity contribution is 9.10. The smallest absolute Gasteiger partial charge is 0.330 e. The second-order valence-electron chi connectivity index (χ2n) is 4.69. The zero-order chi connectivity index (χ0) is 16.7. The van der Waals surface area contributed by atoms with E-state index in [0.717, 1.165) is 25.8 Å². The van der Waals surface area contributed by atoms with Gasteiger partial charge in [0.1, 0.15) is 12.4 Å². The molecule has 0 fully saturated rings. The summed E-state index contributed by atoms with van der Waals surface area (Å²) in [6, 6.07) is 13.6. The molecule has 2 rings (SSSR count). The molecular formula is C18H16Br2O3. The third kappa shape index (κ3) is 5.84. The average molecular weight is 440 g/mol. The normalized spacial score (nSPS) is 10.7. The van der Waals surface area contributed by atoms with E-state index in [1.807, 2.05) is 42.5 Å². The number of halogens is 2. The second-order valence-corrected chi connectivity index (χ2v) is 6.46. The van der Waals surface area contributed by atoms with Gasteiger partial charge in [0.15, 0.2) is 0 Å². The second kappa shape index (κ2) is 8.89. The van der Waals surface area contributed by atoms with Crippen LogP contribution in [-0.2, 0) is 16.1 Å². The van der Waals surface area contributed by atoms with E-state index >= 15 is 0 Å². The van der Waals surface area contributed by atoms with E-state index in [9.17, 15) is 4.79 Å². The molecule has 0 radical (unpaired) electrons. The van der Waals surface area contributed by atoms with E-state index in [-0.39, 0.29) is 5.97 Å². The largest absolute Gasteiger partial charge is 0.488 e. The highest BCUT2D eigenvalue weighted by Gasteiger charge is 2.03. The number of esters is 1. The summed E-state index contributed by atoms with van der Waals surface area (Å²) in [5, 5.41) is 0. The molecule has 0 spiro atoms. The van der Waals surface area contributed by atoms with Gasteiger partial charge in [-0.25, -0.2) is 4.79 Å². The third-order valence-electron chi connectivity index (χ3n) is 2.94. The molecule has 2 aromatic carbocycles. The Labute approximate surface area is 152 Å². The predicted octanol–water partition coefficient (Wildman–Crippen LogP) is 5.37. The van der Waals surface area contributed by atoms with Gasteiger partial charge in [-0.05, 0) is 64.3 Å². The van der Waals surface area contributed by atoms with Crippen LogP contribution in [0.25, 0.3) is 6.08 Å². The quantitative estimate of drug-likeness (QED) is 0.448. The lowest BCUT2D eigenvalue weighted by Gasteiger charge is -2.09. The average Bonchev–Trinajstić information content (AvgIpc) is 2.52. The molecular weight excluding hydrogens is 424 g/mol. The van der Waals surface area contributed by atoms with Crippen molar-refractivity contribution in [3.05, 3.63) is 68.6 Å². The van der Waals surface area contributed by atoms with E-state index in [1.54, 1.807) is 13.0 Å². The number of carbonyl (C=O) groups excluding carboxylic acids is 1. The van der Waals surface area contributed by atoms with Crippen molar-refractivity contribution < 1.29 is 14.3 Å². The molecule has 0 saturated heterocycles. The number of benzene rings is 2. The van der Waals surface area contributed by atoms with E-state index < -0.39 is 0 Å². The predicted molar refractivity (Wildman–Crippen MR) is 98.3 cm³/mol. The van der Waals surface area contributed by atoms with E-state index in [2.05, 4.69) is 31.9 Å². The zero-order valence-corrected chi connectivity index (χ0v) is 15.8. The van der Waals surface area contributed by atoms with Gasteiger partial charge < -0.3 is 9.47 Å². The van der Waals surface area contributed by atoms with Crippen LogP contribution in [0.15, 0.2) is 57.5 Å². The number of carbonyl (C=O) groups is 1. The zero-order valence-electron chi connectivity index (χ0n) is 12.6. The van der Waals surface area contributed by atoms with Crippen molar-refractivity contribution in [1.82, 2.24) is 0 Å². The molecule has 0 unspecified atom stereocenters. The van der Waals surface area contributed by atoms with Gasteiger partial charge in [-0.2, -0.15) is 0 Å². The molecule has 0 saturated carbocycles. The Morgan fingerprint density at radius 1 is 1.17 bits per heavy atom. The van der Waals surface area contributed by atoms with Gasteiger partial charge in [0.2, 0.25) is 0 Å². The Morgan fingerprint density at radius 2 is 2.00 bits per heavy atom. The van der Waals surface area contributed by atoms with Gasteiger partial charge in [-0.1, -0.05) is 34.1 Å². The molecule has 0 aliphatic heterocycles. The maximum atomic E-state index is 11.3. The van der Waals surface area contributed by atoms with Gasteiger partial charge in [0.25, 0.3) is 0 Å². The molecule has 0 atom stereocenters. The van der Waals surface area contributed by atoms with Crippen molar-refractivity contribution in [2.24, 2.45) is 0 Å². The molecule has 0 aromatic heterocycles. The summed E-state index contributed by atoms with van der Waals surface area (Å²) in [6.45, 7) is 2.63. The SMILES string of the molecule is CCOC(=O)/C=C/c1ccc(OCc2cccc(Br)c2)c(Br)c1. The van der Waals surface area contributed by atoms with Crippen LogP contribution in [0, 0.1) is 0 Å². The first kappa shape index (κ1) is 17.8. The molecule has 0 bridgehead atoms. The van der Waals surface area contributed by atoms with Crippen molar-refractivity contribution >= 4 is 43.9 Å². The Hall–Kier alpha value is -1.59. The van der Waals surface area contributed by atoms with Gasteiger partial charge in [-0.3, -0.25) is 0 Å². The van der Waals surface area contributed by atoms with Crippen LogP contribution in [0.1, 0.15) is 18.1 Å². The van der Waals surface area contributed by atoms with Crippen LogP contribution in [0.4, 0.5) is 0 Å². The molecule has 2 aromatic rings. The van der Waals surface area contributed by atoms with E-state index in [4.69, 9.17) is 9.47 Å². The summed E-state index contributed by atoms with van der Waals surface area (Å²) in [7, 11) is 0. The summed E-state index contributed by atoms with van der Waals surface area (Å²) in [5.74, 6) is 0.400. The maximum Gasteiger partial charge on any atom is 0.330 e. The number of hydrogen-bond donors (Lipinski definition) is 0. The van der Waals surface area contributed by atoms with E-state index in [0.29, 0.717) is 13.2 Å². The minimum atomic E-state index is -0.349. The Balaban J connectivity index is 2.00. The molecule has 5 heteroatoms. The molecule has 0 aliphatic carbocycles. The first-order chi connectivity index (χ1) is 11.1. The molecule has 3 nitrogen and oxygen atoms in total. The van der Waals surface area contributed by atoms with Crippen molar-refractivity contribution in [1.29, 1.82) is 0 Å². The van der Waals surface area contributed by atoms with Crippen molar-refractivity contribution in [2.75, 3.05) is 6.61 Å². The van der Waals surface area contributed by atoms with Gasteiger partial charge >= 0.3 is 5.97 Å². The van der Waals surface area contributed by atoms with Crippen LogP contribution in [0.3, 0.4) is 0 Å². The fraction of sp³-hybridized carbons (Fsp3) is 0.167. The van der Waals surface area contributed by atoms with Crippen molar-refractivity contribution in [3.63, 3.8) is 0 Å². The summed E-state index contributed by atoms with van der Waals surface area (Å²) < 4.78 is 12.5. The molecule has 0 heterocycles. The number of ether oxygens (including phenoxy) is 2. The Bertz CT molecular complexity index is 711. The summed E-state index contributed by atoms with van der Waals surface area (Å²) >= 11 is 6.93. The third-order valence-corrected chi connectivity index (χ3v) is 4.05. The highest BCUT2D eigenvalue weighted by Crippen LogP contribution is 2.27. The first-order valence-corrected chi connectivity index (χ1v) is 8.68. The summed E-state index contributed by atoms with van der Waals surface area (Å²) in [6.07, 6.45) is 3.12. The van der Waals surface area contributed by atoms with Crippen LogP contribution < -0.4 is 4.74 Å². The number of hydrogen-bond acceptors (Lipinski definition) is 3. The lowest BCUT2D eigenvalue weighted by Crippen LogP contribution is -1.98. The van der Waals surface area contributed by atoms with Crippen LogP contribution in [-0.4, -0.2) is 12.6 Å². The van der Waals surface area contributed by atoms with Crippen LogP contribution in [0.5, 0.6) is 5.75 Å². The fourth-order valence-electron chi connectivity index (χ4n) is 1.88. The van der Waals surface area contributed by atoms with Crippen molar-refractivity contribution in [3.8, 4) is 5.75 Å². The molecule has 0 aliphatic rings. The maximum absolute atomic E-state index is 11.3. The topological polar surface area (TPSA) is 35.5 Å². The van der Waals surface area contributed by atoms with Gasteiger partial charge in [0, 0.05) is 10.5 Å². The summed E-state index contributed by atoms with van der Waals surface area (Å²) in [5.41, 5.74) is 1.97. The Morgan fingerprint density at radius 3 is 2.70 bits per heavy atom. The first-order valence-electron chi connectivity index (χ1n) is 7.10. The van der Waals surface area contributed by atoms with E-state index in [1.165, 1.54) is 6.08 Å². The standard InChI is InChI=1S/C18H16Br2O3/c1-2-22-18(21)9-7-13-6-8-17(16(20)11-13)23-12-14-4-3-5-15(19)10-14/h3-11H,2,12H2,1H3/b9-7+. The van der Waals surface area contributed by atoms with Crippen molar-refractivity contribution in [2.45, 2.75) is 13.5 Å². The Kier molecular flexibility index (Phi) is 6.86. The molecule has 120 valence electrons. The lowest BCUT2D eigenvalue weighted by molar-refractivity contribution is -0.137. The van der Waals surface area contributed by atoms with Gasteiger partial charge in [-0.15, -0.1) is 0 Å². The molecule has 0 amide bonds. The van der Waals surface area contributed by atoms with Crippen LogP contribution in [0.2, 0.25) is 0 Å². The molecule has 23 heavy (non-hydrogen) atoms. The van der Waals surface area contributed by atoms with Crippen LogP contribution >= 0.6 is 31.9 Å². The minimum absolute atomic E-state index is 0.349. The monoisotopic (exact) mass is 438 g/mol. The highest BCUT2D eigenvalue weighted by atomic mass is 79.9. The lowest BCUT2D eigenvalue weighted by atomic mass is 10.2.